The van der Waals surface area contributed by atoms with Crippen molar-refractivity contribution in [1.29, 1.82) is 0 Å². The van der Waals surface area contributed by atoms with Gasteiger partial charge >= 0.3 is 0 Å². The Labute approximate surface area is 182 Å². The zero-order valence-corrected chi connectivity index (χ0v) is 17.3. The second-order valence-electron chi connectivity index (χ2n) is 6.87. The Morgan fingerprint density at radius 1 is 0.935 bits per heavy atom. The number of carbonyl (C=O) groups is 1. The number of hydrogen-bond donors (Lipinski definition) is 1. The molecule has 1 N–H and O–H groups in total. The Morgan fingerprint density at radius 2 is 1.74 bits per heavy atom. The van der Waals surface area contributed by atoms with Crippen molar-refractivity contribution < 1.29 is 4.79 Å². The topological polar surface area (TPSA) is 105 Å². The van der Waals surface area contributed by atoms with Crippen molar-refractivity contribution >= 4 is 34.0 Å². The SMILES string of the molecule is O=C(Nc1cnc(N2CCN(c3nccs3)CC2)nc1)c1ccc(-n2cccn2)nc1. The van der Waals surface area contributed by atoms with E-state index in [1.165, 1.54) is 6.20 Å². The molecule has 0 unspecified atom stereocenters. The molecule has 1 fully saturated rings. The highest BCUT2D eigenvalue weighted by Gasteiger charge is 2.20. The second-order valence-corrected chi connectivity index (χ2v) is 7.74. The Morgan fingerprint density at radius 3 is 2.39 bits per heavy atom. The van der Waals surface area contributed by atoms with E-state index in [2.05, 4.69) is 40.2 Å². The maximum absolute atomic E-state index is 12.5. The van der Waals surface area contributed by atoms with Crippen LogP contribution in [0.3, 0.4) is 0 Å². The van der Waals surface area contributed by atoms with Gasteiger partial charge in [-0.15, -0.1) is 11.3 Å². The lowest BCUT2D eigenvalue weighted by Crippen LogP contribution is -2.47. The number of nitrogens with one attached hydrogen (secondary N) is 1. The van der Waals surface area contributed by atoms with E-state index in [0.717, 1.165) is 31.3 Å². The van der Waals surface area contributed by atoms with Gasteiger partial charge < -0.3 is 15.1 Å². The van der Waals surface area contributed by atoms with Crippen molar-refractivity contribution in [2.24, 2.45) is 0 Å². The summed E-state index contributed by atoms with van der Waals surface area (Å²) in [4.78, 5) is 34.4. The molecule has 156 valence electrons. The zero-order chi connectivity index (χ0) is 21.0. The summed E-state index contributed by atoms with van der Waals surface area (Å²) in [6.07, 6.45) is 10.1. The highest BCUT2D eigenvalue weighted by atomic mass is 32.1. The molecule has 5 heterocycles. The van der Waals surface area contributed by atoms with E-state index in [-0.39, 0.29) is 5.91 Å². The summed E-state index contributed by atoms with van der Waals surface area (Å²) in [6, 6.07) is 5.26. The normalized spacial score (nSPS) is 13.9. The molecule has 31 heavy (non-hydrogen) atoms. The van der Waals surface area contributed by atoms with Gasteiger partial charge in [0.05, 0.1) is 23.6 Å². The third kappa shape index (κ3) is 4.21. The summed E-state index contributed by atoms with van der Waals surface area (Å²) in [5.74, 6) is 1.03. The molecule has 11 heteroatoms. The molecule has 0 aliphatic carbocycles. The second kappa shape index (κ2) is 8.48. The Kier molecular flexibility index (Phi) is 5.23. The van der Waals surface area contributed by atoms with E-state index < -0.39 is 0 Å². The van der Waals surface area contributed by atoms with Gasteiger partial charge in [-0.1, -0.05) is 0 Å². The minimum atomic E-state index is -0.270. The molecule has 4 aromatic heterocycles. The average molecular weight is 434 g/mol. The van der Waals surface area contributed by atoms with Crippen LogP contribution in [0.15, 0.2) is 60.8 Å². The number of pyridine rings is 1. The van der Waals surface area contributed by atoms with Crippen LogP contribution in [0.25, 0.3) is 5.82 Å². The van der Waals surface area contributed by atoms with E-state index in [1.54, 1.807) is 52.9 Å². The molecule has 5 rings (SSSR count). The van der Waals surface area contributed by atoms with Gasteiger partial charge in [-0.2, -0.15) is 5.10 Å². The molecule has 1 saturated heterocycles. The van der Waals surface area contributed by atoms with Gasteiger partial charge in [0.2, 0.25) is 5.95 Å². The van der Waals surface area contributed by atoms with Gasteiger partial charge in [-0.25, -0.2) is 24.6 Å². The number of amides is 1. The van der Waals surface area contributed by atoms with Crippen LogP contribution in [0.4, 0.5) is 16.8 Å². The Bertz CT molecular complexity index is 1120. The summed E-state index contributed by atoms with van der Waals surface area (Å²) in [6.45, 7) is 3.38. The third-order valence-electron chi connectivity index (χ3n) is 4.90. The molecule has 1 amide bonds. The first kappa shape index (κ1) is 19.1. The van der Waals surface area contributed by atoms with Gasteiger partial charge in [0.25, 0.3) is 5.91 Å². The number of thiazole rings is 1. The van der Waals surface area contributed by atoms with E-state index >= 15 is 0 Å². The number of anilines is 3. The largest absolute Gasteiger partial charge is 0.345 e. The molecule has 0 aromatic carbocycles. The van der Waals surface area contributed by atoms with Crippen molar-refractivity contribution in [1.82, 2.24) is 29.7 Å². The van der Waals surface area contributed by atoms with Crippen LogP contribution in [0.2, 0.25) is 0 Å². The van der Waals surface area contributed by atoms with E-state index in [1.807, 2.05) is 17.6 Å². The molecule has 0 bridgehead atoms. The molecule has 4 aromatic rings. The molecule has 0 radical (unpaired) electrons. The number of rotatable bonds is 5. The van der Waals surface area contributed by atoms with Crippen LogP contribution in [0.5, 0.6) is 0 Å². The molecule has 1 aliphatic rings. The van der Waals surface area contributed by atoms with Crippen LogP contribution in [-0.4, -0.2) is 61.8 Å². The first-order valence-corrected chi connectivity index (χ1v) is 10.6. The number of hydrogen-bond acceptors (Lipinski definition) is 9. The highest BCUT2D eigenvalue weighted by molar-refractivity contribution is 7.13. The molecule has 10 nitrogen and oxygen atoms in total. The quantitative estimate of drug-likeness (QED) is 0.510. The lowest BCUT2D eigenvalue weighted by molar-refractivity contribution is 0.102. The smallest absolute Gasteiger partial charge is 0.257 e. The number of piperazine rings is 1. The average Bonchev–Trinajstić information content (AvgIpc) is 3.55. The first-order valence-electron chi connectivity index (χ1n) is 9.75. The van der Waals surface area contributed by atoms with Crippen molar-refractivity contribution in [2.75, 3.05) is 41.3 Å². The van der Waals surface area contributed by atoms with Gasteiger partial charge in [0.15, 0.2) is 10.9 Å². The fourth-order valence-corrected chi connectivity index (χ4v) is 3.98. The van der Waals surface area contributed by atoms with Crippen molar-refractivity contribution in [3.8, 4) is 5.82 Å². The van der Waals surface area contributed by atoms with Gasteiger partial charge in [-0.05, 0) is 18.2 Å². The zero-order valence-electron chi connectivity index (χ0n) is 16.5. The minimum Gasteiger partial charge on any atom is -0.345 e. The fourth-order valence-electron chi connectivity index (χ4n) is 3.28. The van der Waals surface area contributed by atoms with Gasteiger partial charge in [0.1, 0.15) is 0 Å². The van der Waals surface area contributed by atoms with Gasteiger partial charge in [0, 0.05) is 56.3 Å². The van der Waals surface area contributed by atoms with Crippen LogP contribution < -0.4 is 15.1 Å². The summed E-state index contributed by atoms with van der Waals surface area (Å²) in [5.41, 5.74) is 0.976. The lowest BCUT2D eigenvalue weighted by atomic mass is 10.2. The van der Waals surface area contributed by atoms with E-state index in [0.29, 0.717) is 23.0 Å². The predicted octanol–water partition coefficient (Wildman–Crippen LogP) is 2.09. The Hall–Kier alpha value is -3.86. The fraction of sp³-hybridized carbons (Fsp3) is 0.200. The molecular weight excluding hydrogens is 414 g/mol. The van der Waals surface area contributed by atoms with Crippen LogP contribution in [0.1, 0.15) is 10.4 Å². The van der Waals surface area contributed by atoms with Gasteiger partial charge in [-0.3, -0.25) is 4.79 Å². The molecule has 0 atom stereocenters. The highest BCUT2D eigenvalue weighted by Crippen LogP contribution is 2.20. The number of aromatic nitrogens is 6. The monoisotopic (exact) mass is 433 g/mol. The first-order chi connectivity index (χ1) is 15.3. The predicted molar refractivity (Wildman–Crippen MR) is 118 cm³/mol. The van der Waals surface area contributed by atoms with Crippen LogP contribution in [-0.2, 0) is 0 Å². The van der Waals surface area contributed by atoms with E-state index in [9.17, 15) is 4.79 Å². The van der Waals surface area contributed by atoms with Crippen LogP contribution in [0, 0.1) is 0 Å². The summed E-state index contributed by atoms with van der Waals surface area (Å²) >= 11 is 1.65. The summed E-state index contributed by atoms with van der Waals surface area (Å²) in [5, 5.41) is 9.96. The molecule has 0 saturated carbocycles. The van der Waals surface area contributed by atoms with Crippen molar-refractivity contribution in [3.63, 3.8) is 0 Å². The van der Waals surface area contributed by atoms with Crippen LogP contribution >= 0.6 is 11.3 Å². The van der Waals surface area contributed by atoms with E-state index in [4.69, 9.17) is 0 Å². The molecular formula is C20H19N9OS. The van der Waals surface area contributed by atoms with Crippen molar-refractivity contribution in [2.45, 2.75) is 0 Å². The number of carbonyl (C=O) groups excluding carboxylic acids is 1. The maximum atomic E-state index is 12.5. The minimum absolute atomic E-state index is 0.270. The summed E-state index contributed by atoms with van der Waals surface area (Å²) < 4.78 is 1.63. The van der Waals surface area contributed by atoms with Crippen molar-refractivity contribution in [3.05, 3.63) is 66.3 Å². The molecule has 1 aliphatic heterocycles. The Balaban J connectivity index is 1.18. The lowest BCUT2D eigenvalue weighted by Gasteiger charge is -2.34. The summed E-state index contributed by atoms with van der Waals surface area (Å²) in [7, 11) is 0. The standard InChI is InChI=1S/C20H19N9OS/c30-18(15-2-3-17(22-12-15)29-6-1-4-25-29)26-16-13-23-19(24-14-16)27-7-9-28(10-8-27)20-21-5-11-31-20/h1-6,11-14H,7-10H2,(H,26,30). The maximum Gasteiger partial charge on any atom is 0.257 e. The number of nitrogens with zero attached hydrogens (tertiary/aromatic N) is 8. The third-order valence-corrected chi connectivity index (χ3v) is 5.73. The molecule has 0 spiro atoms.